The fraction of sp³-hybridized carbons (Fsp3) is 0.429. The summed E-state index contributed by atoms with van der Waals surface area (Å²) in [6.45, 7) is 2.19. The van der Waals surface area contributed by atoms with Gasteiger partial charge in [-0.15, -0.1) is 0 Å². The van der Waals surface area contributed by atoms with Gasteiger partial charge in [0.25, 0.3) is 5.91 Å². The van der Waals surface area contributed by atoms with E-state index in [1.807, 2.05) is 6.07 Å². The van der Waals surface area contributed by atoms with Crippen molar-refractivity contribution in [3.05, 3.63) is 29.8 Å². The quantitative estimate of drug-likeness (QED) is 0.906. The van der Waals surface area contributed by atoms with Crippen LogP contribution in [0, 0.1) is 11.3 Å². The van der Waals surface area contributed by atoms with Gasteiger partial charge in [0.15, 0.2) is 0 Å². The Labute approximate surface area is 124 Å². The molecule has 7 heteroatoms. The molecule has 1 aromatic carbocycles. The minimum absolute atomic E-state index is 0.141. The second-order valence-electron chi connectivity index (χ2n) is 5.03. The summed E-state index contributed by atoms with van der Waals surface area (Å²) >= 11 is 0. The average Bonchev–Trinajstić information content (AvgIpc) is 2.78. The second kappa shape index (κ2) is 6.14. The SMILES string of the molecule is C[C@@H](CC#N)NC(=O)c1cccc(N2CCCS2(=O)=O)c1. The van der Waals surface area contributed by atoms with E-state index in [2.05, 4.69) is 5.32 Å². The molecule has 1 saturated heterocycles. The lowest BCUT2D eigenvalue weighted by Gasteiger charge is -2.18. The molecule has 1 aromatic rings. The average molecular weight is 307 g/mol. The minimum Gasteiger partial charge on any atom is -0.349 e. The maximum Gasteiger partial charge on any atom is 0.251 e. The van der Waals surface area contributed by atoms with Crippen LogP contribution in [0.15, 0.2) is 24.3 Å². The lowest BCUT2D eigenvalue weighted by Crippen LogP contribution is -2.32. The second-order valence-corrected chi connectivity index (χ2v) is 7.04. The van der Waals surface area contributed by atoms with Crippen LogP contribution < -0.4 is 9.62 Å². The number of sulfonamides is 1. The zero-order chi connectivity index (χ0) is 15.5. The van der Waals surface area contributed by atoms with Crippen LogP contribution >= 0.6 is 0 Å². The zero-order valence-electron chi connectivity index (χ0n) is 11.7. The molecule has 6 nitrogen and oxygen atoms in total. The van der Waals surface area contributed by atoms with Gasteiger partial charge >= 0.3 is 0 Å². The van der Waals surface area contributed by atoms with Crippen LogP contribution in [0.1, 0.15) is 30.1 Å². The monoisotopic (exact) mass is 307 g/mol. The van der Waals surface area contributed by atoms with Gasteiger partial charge in [0, 0.05) is 18.2 Å². The highest BCUT2D eigenvalue weighted by Crippen LogP contribution is 2.24. The first-order valence-electron chi connectivity index (χ1n) is 6.72. The Balaban J connectivity index is 2.18. The molecule has 1 amide bonds. The van der Waals surface area contributed by atoms with Crippen molar-refractivity contribution in [2.24, 2.45) is 0 Å². The summed E-state index contributed by atoms with van der Waals surface area (Å²) < 4.78 is 25.1. The number of amides is 1. The number of benzene rings is 1. The number of carbonyl (C=O) groups is 1. The Hall–Kier alpha value is -2.07. The molecule has 112 valence electrons. The lowest BCUT2D eigenvalue weighted by atomic mass is 10.1. The predicted molar refractivity (Wildman–Crippen MR) is 79.4 cm³/mol. The van der Waals surface area contributed by atoms with Gasteiger partial charge in [0.2, 0.25) is 10.0 Å². The van der Waals surface area contributed by atoms with Gasteiger partial charge in [-0.3, -0.25) is 9.10 Å². The van der Waals surface area contributed by atoms with E-state index >= 15 is 0 Å². The maximum atomic E-state index is 12.1. The number of anilines is 1. The third kappa shape index (κ3) is 3.52. The number of rotatable bonds is 4. The lowest BCUT2D eigenvalue weighted by molar-refractivity contribution is 0.0941. The standard InChI is InChI=1S/C14H17N3O3S/c1-11(6-7-15)16-14(18)12-4-2-5-13(10-12)17-8-3-9-21(17,19)20/h2,4-5,10-11H,3,6,8-9H2,1H3,(H,16,18)/t11-/m0/s1. The topological polar surface area (TPSA) is 90.3 Å². The van der Waals surface area contributed by atoms with Crippen LogP contribution in [0.5, 0.6) is 0 Å². The highest BCUT2D eigenvalue weighted by atomic mass is 32.2. The van der Waals surface area contributed by atoms with Crippen molar-refractivity contribution < 1.29 is 13.2 Å². The molecule has 1 N–H and O–H groups in total. The van der Waals surface area contributed by atoms with E-state index in [9.17, 15) is 13.2 Å². The van der Waals surface area contributed by atoms with E-state index in [0.717, 1.165) is 0 Å². The number of nitrogens with zero attached hydrogens (tertiary/aromatic N) is 2. The van der Waals surface area contributed by atoms with E-state index in [1.54, 1.807) is 31.2 Å². The van der Waals surface area contributed by atoms with Crippen molar-refractivity contribution in [1.82, 2.24) is 5.32 Å². The summed E-state index contributed by atoms with van der Waals surface area (Å²) in [5.41, 5.74) is 0.896. The number of hydrogen-bond acceptors (Lipinski definition) is 4. The summed E-state index contributed by atoms with van der Waals surface area (Å²) in [6, 6.07) is 8.27. The van der Waals surface area contributed by atoms with Crippen LogP contribution in [-0.4, -0.2) is 32.7 Å². The number of nitriles is 1. The highest BCUT2D eigenvalue weighted by molar-refractivity contribution is 7.93. The van der Waals surface area contributed by atoms with Gasteiger partial charge in [-0.25, -0.2) is 8.42 Å². The van der Waals surface area contributed by atoms with Crippen LogP contribution in [0.2, 0.25) is 0 Å². The summed E-state index contributed by atoms with van der Waals surface area (Å²) in [7, 11) is -3.26. The van der Waals surface area contributed by atoms with E-state index in [0.29, 0.717) is 24.2 Å². The van der Waals surface area contributed by atoms with Crippen LogP contribution in [-0.2, 0) is 10.0 Å². The zero-order valence-corrected chi connectivity index (χ0v) is 12.6. The van der Waals surface area contributed by atoms with Gasteiger partial charge in [-0.1, -0.05) is 6.07 Å². The van der Waals surface area contributed by atoms with E-state index in [1.165, 1.54) is 4.31 Å². The Kier molecular flexibility index (Phi) is 4.48. The third-order valence-corrected chi connectivity index (χ3v) is 5.14. The molecule has 0 aromatic heterocycles. The van der Waals surface area contributed by atoms with Gasteiger partial charge in [-0.2, -0.15) is 5.26 Å². The molecule has 1 aliphatic heterocycles. The van der Waals surface area contributed by atoms with E-state index in [-0.39, 0.29) is 24.1 Å². The Morgan fingerprint density at radius 2 is 2.29 bits per heavy atom. The highest BCUT2D eigenvalue weighted by Gasteiger charge is 2.28. The predicted octanol–water partition coefficient (Wildman–Crippen LogP) is 1.26. The molecule has 0 spiro atoms. The molecule has 1 aliphatic rings. The molecule has 0 saturated carbocycles. The van der Waals surface area contributed by atoms with E-state index in [4.69, 9.17) is 5.26 Å². The number of carbonyl (C=O) groups excluding carboxylic acids is 1. The van der Waals surface area contributed by atoms with Gasteiger partial charge < -0.3 is 5.32 Å². The molecule has 2 rings (SSSR count). The third-order valence-electron chi connectivity index (χ3n) is 3.27. The molecule has 0 unspecified atom stereocenters. The Morgan fingerprint density at radius 1 is 1.52 bits per heavy atom. The normalized spacial score (nSPS) is 18.0. The molecule has 1 fully saturated rings. The van der Waals surface area contributed by atoms with E-state index < -0.39 is 10.0 Å². The summed E-state index contributed by atoms with van der Waals surface area (Å²) in [6.07, 6.45) is 0.823. The van der Waals surface area contributed by atoms with Crippen LogP contribution in [0.25, 0.3) is 0 Å². The molecule has 0 radical (unpaired) electrons. The molecule has 1 atom stereocenters. The van der Waals surface area contributed by atoms with Crippen molar-refractivity contribution in [2.45, 2.75) is 25.8 Å². The first kappa shape index (κ1) is 15.3. The largest absolute Gasteiger partial charge is 0.349 e. The molecule has 21 heavy (non-hydrogen) atoms. The first-order chi connectivity index (χ1) is 9.94. The van der Waals surface area contributed by atoms with Crippen molar-refractivity contribution in [2.75, 3.05) is 16.6 Å². The van der Waals surface area contributed by atoms with Crippen molar-refractivity contribution >= 4 is 21.6 Å². The summed E-state index contributed by atoms with van der Waals surface area (Å²) in [5.74, 6) is -0.168. The Morgan fingerprint density at radius 3 is 2.90 bits per heavy atom. The van der Waals surface area contributed by atoms with Gasteiger partial charge in [-0.05, 0) is 31.5 Å². The summed E-state index contributed by atoms with van der Waals surface area (Å²) in [4.78, 5) is 12.1. The van der Waals surface area contributed by atoms with Crippen LogP contribution in [0.4, 0.5) is 5.69 Å². The van der Waals surface area contributed by atoms with Crippen LogP contribution in [0.3, 0.4) is 0 Å². The molecular weight excluding hydrogens is 290 g/mol. The van der Waals surface area contributed by atoms with Crippen molar-refractivity contribution in [3.8, 4) is 6.07 Å². The summed E-state index contributed by atoms with van der Waals surface area (Å²) in [5, 5.41) is 11.3. The van der Waals surface area contributed by atoms with Crippen molar-refractivity contribution in [3.63, 3.8) is 0 Å². The minimum atomic E-state index is -3.26. The van der Waals surface area contributed by atoms with Gasteiger partial charge in [0.05, 0.1) is 23.9 Å². The fourth-order valence-electron chi connectivity index (χ4n) is 2.23. The van der Waals surface area contributed by atoms with Gasteiger partial charge in [0.1, 0.15) is 0 Å². The fourth-order valence-corrected chi connectivity index (χ4v) is 3.78. The molecule has 0 bridgehead atoms. The van der Waals surface area contributed by atoms with Crippen molar-refractivity contribution in [1.29, 1.82) is 5.26 Å². The first-order valence-corrected chi connectivity index (χ1v) is 8.33. The maximum absolute atomic E-state index is 12.1. The molecular formula is C14H17N3O3S. The molecule has 1 heterocycles. The smallest absolute Gasteiger partial charge is 0.251 e. The Bertz CT molecular complexity index is 679. The number of hydrogen-bond donors (Lipinski definition) is 1. The molecule has 0 aliphatic carbocycles. The number of nitrogens with one attached hydrogen (secondary N) is 1.